The summed E-state index contributed by atoms with van der Waals surface area (Å²) in [6.45, 7) is 1.96. The van der Waals surface area contributed by atoms with E-state index in [4.69, 9.17) is 21.4 Å². The molecule has 0 fully saturated rings. The van der Waals surface area contributed by atoms with Gasteiger partial charge in [-0.1, -0.05) is 30.7 Å². The maximum atomic E-state index is 13.3. The predicted molar refractivity (Wildman–Crippen MR) is 76.4 cm³/mol. The Bertz CT molecular complexity index is 639. The third-order valence-corrected chi connectivity index (χ3v) is 4.38. The van der Waals surface area contributed by atoms with E-state index in [0.29, 0.717) is 11.3 Å². The lowest BCUT2D eigenvalue weighted by Gasteiger charge is -2.07. The molecule has 1 aromatic carbocycles. The van der Waals surface area contributed by atoms with E-state index in [9.17, 15) is 9.18 Å². The van der Waals surface area contributed by atoms with E-state index in [1.165, 1.54) is 23.5 Å². The van der Waals surface area contributed by atoms with Gasteiger partial charge in [-0.3, -0.25) is 0 Å². The van der Waals surface area contributed by atoms with Crippen molar-refractivity contribution in [1.29, 1.82) is 0 Å². The maximum Gasteiger partial charge on any atom is 0.349 e. The van der Waals surface area contributed by atoms with Crippen LogP contribution in [0.1, 0.15) is 27.0 Å². The Balaban J connectivity index is 2.20. The van der Waals surface area contributed by atoms with Crippen molar-refractivity contribution < 1.29 is 19.0 Å². The van der Waals surface area contributed by atoms with E-state index < -0.39 is 11.8 Å². The van der Waals surface area contributed by atoms with Crippen molar-refractivity contribution in [3.8, 4) is 5.75 Å². The standard InChI is InChI=1S/C14H12ClFO3S/c1-2-9-6-11(13(20-9)14(17)18)19-7-8-4-3-5-10(16)12(8)15/h3-6H,2,7H2,1H3,(H,17,18). The molecule has 0 unspecified atom stereocenters. The molecule has 6 heteroatoms. The van der Waals surface area contributed by atoms with Gasteiger partial charge in [-0.2, -0.15) is 0 Å². The van der Waals surface area contributed by atoms with Crippen molar-refractivity contribution in [1.82, 2.24) is 0 Å². The summed E-state index contributed by atoms with van der Waals surface area (Å²) in [6.07, 6.45) is 0.731. The molecule has 0 spiro atoms. The molecule has 1 heterocycles. The average Bonchev–Trinajstić information content (AvgIpc) is 2.84. The number of aromatic carboxylic acids is 1. The first-order chi connectivity index (χ1) is 9.52. The highest BCUT2D eigenvalue weighted by atomic mass is 35.5. The normalized spacial score (nSPS) is 10.6. The summed E-state index contributed by atoms with van der Waals surface area (Å²) in [5.74, 6) is -1.26. The quantitative estimate of drug-likeness (QED) is 0.890. The zero-order valence-corrected chi connectivity index (χ0v) is 12.2. The van der Waals surface area contributed by atoms with Gasteiger partial charge in [0.25, 0.3) is 0 Å². The first-order valence-electron chi connectivity index (χ1n) is 5.94. The van der Waals surface area contributed by atoms with E-state index in [0.717, 1.165) is 11.3 Å². The number of carboxylic acid groups (broad SMARTS) is 1. The molecule has 0 bridgehead atoms. The SMILES string of the molecule is CCc1cc(OCc2cccc(F)c2Cl)c(C(=O)O)s1. The first-order valence-corrected chi connectivity index (χ1v) is 7.14. The second kappa shape index (κ2) is 6.24. The lowest BCUT2D eigenvalue weighted by Crippen LogP contribution is -2.01. The van der Waals surface area contributed by atoms with Crippen LogP contribution in [0.25, 0.3) is 0 Å². The molecule has 0 amide bonds. The van der Waals surface area contributed by atoms with Crippen molar-refractivity contribution in [2.45, 2.75) is 20.0 Å². The molecule has 3 nitrogen and oxygen atoms in total. The predicted octanol–water partition coefficient (Wildman–Crippen LogP) is 4.38. The second-order valence-electron chi connectivity index (χ2n) is 4.07. The van der Waals surface area contributed by atoms with Crippen LogP contribution in [-0.4, -0.2) is 11.1 Å². The molecule has 1 N–H and O–H groups in total. The summed E-state index contributed by atoms with van der Waals surface area (Å²) in [5, 5.41) is 9.11. The minimum absolute atomic E-state index is 0.00433. The Morgan fingerprint density at radius 2 is 2.25 bits per heavy atom. The summed E-state index contributed by atoms with van der Waals surface area (Å²) in [5.41, 5.74) is 0.479. The van der Waals surface area contributed by atoms with E-state index >= 15 is 0 Å². The van der Waals surface area contributed by atoms with E-state index in [2.05, 4.69) is 0 Å². The molecule has 0 radical (unpaired) electrons. The highest BCUT2D eigenvalue weighted by molar-refractivity contribution is 7.14. The van der Waals surface area contributed by atoms with Crippen LogP contribution in [0.2, 0.25) is 5.02 Å². The number of hydrogen-bond donors (Lipinski definition) is 1. The fourth-order valence-electron chi connectivity index (χ4n) is 1.67. The second-order valence-corrected chi connectivity index (χ2v) is 5.58. The van der Waals surface area contributed by atoms with Crippen molar-refractivity contribution in [3.05, 3.63) is 50.4 Å². The number of carbonyl (C=O) groups is 1. The van der Waals surface area contributed by atoms with Gasteiger partial charge < -0.3 is 9.84 Å². The zero-order valence-electron chi connectivity index (χ0n) is 10.7. The number of thiophene rings is 1. The molecule has 0 aliphatic heterocycles. The van der Waals surface area contributed by atoms with E-state index in [-0.39, 0.29) is 16.5 Å². The lowest BCUT2D eigenvalue weighted by atomic mass is 10.2. The van der Waals surface area contributed by atoms with Crippen molar-refractivity contribution >= 4 is 28.9 Å². The van der Waals surface area contributed by atoms with Crippen molar-refractivity contribution in [2.75, 3.05) is 0 Å². The van der Waals surface area contributed by atoms with Gasteiger partial charge in [0.1, 0.15) is 18.2 Å². The van der Waals surface area contributed by atoms with Crippen LogP contribution in [-0.2, 0) is 13.0 Å². The van der Waals surface area contributed by atoms with Crippen molar-refractivity contribution in [3.63, 3.8) is 0 Å². The van der Waals surface area contributed by atoms with Crippen LogP contribution in [0.4, 0.5) is 4.39 Å². The molecule has 0 atom stereocenters. The molecule has 0 aliphatic rings. The fraction of sp³-hybridized carbons (Fsp3) is 0.214. The van der Waals surface area contributed by atoms with Gasteiger partial charge in [0.05, 0.1) is 5.02 Å². The molecule has 2 rings (SSSR count). The summed E-state index contributed by atoms with van der Waals surface area (Å²) in [6, 6.07) is 6.12. The number of aryl methyl sites for hydroxylation is 1. The van der Waals surface area contributed by atoms with Gasteiger partial charge in [-0.25, -0.2) is 9.18 Å². The van der Waals surface area contributed by atoms with Gasteiger partial charge in [0.15, 0.2) is 4.88 Å². The summed E-state index contributed by atoms with van der Waals surface area (Å²) in [4.78, 5) is 12.2. The fourth-order valence-corrected chi connectivity index (χ4v) is 2.73. The number of halogens is 2. The number of ether oxygens (including phenoxy) is 1. The monoisotopic (exact) mass is 314 g/mol. The largest absolute Gasteiger partial charge is 0.487 e. The van der Waals surface area contributed by atoms with Crippen molar-refractivity contribution in [2.24, 2.45) is 0 Å². The smallest absolute Gasteiger partial charge is 0.349 e. The molecular weight excluding hydrogens is 303 g/mol. The van der Waals surface area contributed by atoms with Crippen LogP contribution in [0.15, 0.2) is 24.3 Å². The molecule has 0 saturated heterocycles. The molecule has 0 saturated carbocycles. The van der Waals surface area contributed by atoms with Gasteiger partial charge in [0, 0.05) is 10.4 Å². The van der Waals surface area contributed by atoms with Crippen LogP contribution in [0, 0.1) is 5.82 Å². The molecule has 2 aromatic rings. The summed E-state index contributed by atoms with van der Waals surface area (Å²) < 4.78 is 18.8. The highest BCUT2D eigenvalue weighted by Crippen LogP contribution is 2.31. The molecular formula is C14H12ClFO3S. The third kappa shape index (κ3) is 3.11. The number of rotatable bonds is 5. The van der Waals surface area contributed by atoms with Crippen LogP contribution < -0.4 is 4.74 Å². The summed E-state index contributed by atoms with van der Waals surface area (Å²) in [7, 11) is 0. The zero-order chi connectivity index (χ0) is 14.7. The highest BCUT2D eigenvalue weighted by Gasteiger charge is 2.17. The van der Waals surface area contributed by atoms with Crippen LogP contribution in [0.5, 0.6) is 5.75 Å². The number of hydrogen-bond acceptors (Lipinski definition) is 3. The van der Waals surface area contributed by atoms with Gasteiger partial charge in [-0.15, -0.1) is 11.3 Å². The minimum atomic E-state index is -1.03. The third-order valence-electron chi connectivity index (χ3n) is 2.71. The first kappa shape index (κ1) is 14.8. The molecule has 0 aliphatic carbocycles. The molecule has 106 valence electrons. The Hall–Kier alpha value is -1.59. The van der Waals surface area contributed by atoms with Gasteiger partial charge in [-0.05, 0) is 18.6 Å². The average molecular weight is 315 g/mol. The van der Waals surface area contributed by atoms with Gasteiger partial charge in [0.2, 0.25) is 0 Å². The Kier molecular flexibility index (Phi) is 4.62. The minimum Gasteiger partial charge on any atom is -0.487 e. The Labute approximate surface area is 124 Å². The number of carboxylic acids is 1. The van der Waals surface area contributed by atoms with Gasteiger partial charge >= 0.3 is 5.97 Å². The Morgan fingerprint density at radius 3 is 2.90 bits per heavy atom. The Morgan fingerprint density at radius 1 is 1.50 bits per heavy atom. The van der Waals surface area contributed by atoms with E-state index in [1.807, 2.05) is 6.92 Å². The molecule has 1 aromatic heterocycles. The van der Waals surface area contributed by atoms with E-state index in [1.54, 1.807) is 12.1 Å². The maximum absolute atomic E-state index is 13.3. The topological polar surface area (TPSA) is 46.5 Å². The lowest BCUT2D eigenvalue weighted by molar-refractivity contribution is 0.0697. The number of benzene rings is 1. The van der Waals surface area contributed by atoms with Crippen LogP contribution >= 0.6 is 22.9 Å². The molecule has 20 heavy (non-hydrogen) atoms. The van der Waals surface area contributed by atoms with Crippen LogP contribution in [0.3, 0.4) is 0 Å². The summed E-state index contributed by atoms with van der Waals surface area (Å²) >= 11 is 7.00.